The van der Waals surface area contributed by atoms with Crippen molar-refractivity contribution in [3.63, 3.8) is 0 Å². The molecule has 4 aliphatic rings. The van der Waals surface area contributed by atoms with Crippen LogP contribution in [0.15, 0.2) is 0 Å². The van der Waals surface area contributed by atoms with E-state index in [1.165, 1.54) is 77.0 Å². The van der Waals surface area contributed by atoms with Crippen LogP contribution in [0.1, 0.15) is 131 Å². The zero-order valence-electron chi connectivity index (χ0n) is 29.7. The van der Waals surface area contributed by atoms with Gasteiger partial charge in [-0.05, 0) is 189 Å². The van der Waals surface area contributed by atoms with Crippen LogP contribution in [0.4, 0.5) is 0 Å². The van der Waals surface area contributed by atoms with Gasteiger partial charge in [0.05, 0.1) is 0 Å². The Morgan fingerprint density at radius 3 is 2.18 bits per heavy atom. The third-order valence-corrected chi connectivity index (χ3v) is 13.8. The zero-order chi connectivity index (χ0) is 31.6. The summed E-state index contributed by atoms with van der Waals surface area (Å²) in [7, 11) is 0. The van der Waals surface area contributed by atoms with Gasteiger partial charge in [-0.3, -0.25) is 4.79 Å². The van der Waals surface area contributed by atoms with E-state index in [9.17, 15) is 4.79 Å². The molecule has 0 saturated heterocycles. The second kappa shape index (κ2) is 17.5. The number of nitrogens with two attached hydrogens (primary N) is 1. The van der Waals surface area contributed by atoms with Gasteiger partial charge in [0, 0.05) is 25.6 Å². The first-order valence-electron chi connectivity index (χ1n) is 19.4. The second-order valence-electron chi connectivity index (χ2n) is 16.1. The van der Waals surface area contributed by atoms with Crippen LogP contribution in [-0.2, 0) is 4.79 Å². The van der Waals surface area contributed by atoms with E-state index in [1.807, 2.05) is 4.90 Å². The van der Waals surface area contributed by atoms with Gasteiger partial charge in [0.2, 0.25) is 5.91 Å². The van der Waals surface area contributed by atoms with E-state index in [0.717, 1.165) is 107 Å². The number of fused-ring (bicyclic) bond motifs is 5. The van der Waals surface area contributed by atoms with Crippen molar-refractivity contribution in [3.05, 3.63) is 0 Å². The number of hydrogen-bond acceptors (Lipinski definition) is 5. The fourth-order valence-corrected chi connectivity index (χ4v) is 11.2. The molecule has 6 nitrogen and oxygen atoms in total. The summed E-state index contributed by atoms with van der Waals surface area (Å²) < 4.78 is 0. The molecule has 44 heavy (non-hydrogen) atoms. The van der Waals surface area contributed by atoms with Gasteiger partial charge < -0.3 is 26.6 Å². The molecule has 4 rings (SSSR count). The van der Waals surface area contributed by atoms with E-state index < -0.39 is 0 Å². The second-order valence-corrected chi connectivity index (χ2v) is 16.1. The molecule has 4 aliphatic carbocycles. The average molecular weight is 616 g/mol. The summed E-state index contributed by atoms with van der Waals surface area (Å²) in [6.45, 7) is 20.2. The van der Waals surface area contributed by atoms with Crippen LogP contribution in [0.5, 0.6) is 0 Å². The predicted molar refractivity (Wildman–Crippen MR) is 187 cm³/mol. The monoisotopic (exact) mass is 616 g/mol. The van der Waals surface area contributed by atoms with Gasteiger partial charge in [-0.1, -0.05) is 20.8 Å². The minimum Gasteiger partial charge on any atom is -0.343 e. The Bertz CT molecular complexity index is 849. The molecule has 9 atom stereocenters. The van der Waals surface area contributed by atoms with Gasteiger partial charge in [0.1, 0.15) is 0 Å². The van der Waals surface area contributed by atoms with Crippen molar-refractivity contribution < 1.29 is 4.79 Å². The molecule has 4 fully saturated rings. The molecule has 0 bridgehead atoms. The highest BCUT2D eigenvalue weighted by molar-refractivity contribution is 5.76. The molecule has 0 radical (unpaired) electrons. The number of rotatable bonds is 19. The Kier molecular flexibility index (Phi) is 14.3. The minimum atomic E-state index is 0.368. The van der Waals surface area contributed by atoms with E-state index in [-0.39, 0.29) is 0 Å². The van der Waals surface area contributed by atoms with Crippen LogP contribution in [-0.4, -0.2) is 69.2 Å². The lowest BCUT2D eigenvalue weighted by Crippen LogP contribution is -2.55. The lowest BCUT2D eigenvalue weighted by Gasteiger charge is -2.61. The van der Waals surface area contributed by atoms with Crippen molar-refractivity contribution in [2.24, 2.45) is 52.1 Å². The number of nitrogens with zero attached hydrogens (tertiary/aromatic N) is 1. The lowest BCUT2D eigenvalue weighted by molar-refractivity contribution is -0.131. The SMILES string of the molecule is CCN(CC)C(=O)CC[C@@H](C)[C@H]1CCC2C3CCC4C[C@@H](NCCCNCCCCNCCCN)CC[C@]4(C)C3CC[C@@]21C. The molecule has 5 N–H and O–H groups in total. The smallest absolute Gasteiger partial charge is 0.222 e. The maximum Gasteiger partial charge on any atom is 0.222 e. The zero-order valence-corrected chi connectivity index (χ0v) is 29.7. The fraction of sp³-hybridized carbons (Fsp3) is 0.974. The molecule has 0 heterocycles. The summed E-state index contributed by atoms with van der Waals surface area (Å²) >= 11 is 0. The van der Waals surface area contributed by atoms with Crippen molar-refractivity contribution in [1.82, 2.24) is 20.9 Å². The van der Waals surface area contributed by atoms with Gasteiger partial charge in [-0.15, -0.1) is 0 Å². The summed E-state index contributed by atoms with van der Waals surface area (Å²) in [5.41, 5.74) is 6.60. The molecular weight excluding hydrogens is 542 g/mol. The topological polar surface area (TPSA) is 82.4 Å². The maximum atomic E-state index is 12.7. The van der Waals surface area contributed by atoms with Crippen LogP contribution >= 0.6 is 0 Å². The van der Waals surface area contributed by atoms with Gasteiger partial charge in [-0.25, -0.2) is 0 Å². The highest BCUT2D eigenvalue weighted by atomic mass is 16.2. The van der Waals surface area contributed by atoms with E-state index in [0.29, 0.717) is 22.7 Å². The van der Waals surface area contributed by atoms with Gasteiger partial charge in [-0.2, -0.15) is 0 Å². The van der Waals surface area contributed by atoms with Crippen molar-refractivity contribution in [2.45, 2.75) is 137 Å². The van der Waals surface area contributed by atoms with E-state index in [1.54, 1.807) is 0 Å². The van der Waals surface area contributed by atoms with E-state index in [2.05, 4.69) is 50.6 Å². The number of unbranched alkanes of at least 4 members (excludes halogenated alkanes) is 1. The Labute approximate surface area is 272 Å². The molecular formula is C38H73N5O. The highest BCUT2D eigenvalue weighted by Crippen LogP contribution is 2.68. The normalized spacial score (nSPS) is 35.5. The lowest BCUT2D eigenvalue weighted by atomic mass is 9.44. The molecule has 4 saturated carbocycles. The third-order valence-electron chi connectivity index (χ3n) is 13.8. The summed E-state index contributed by atoms with van der Waals surface area (Å²) in [6, 6.07) is 0.730. The van der Waals surface area contributed by atoms with Crippen molar-refractivity contribution in [2.75, 3.05) is 52.4 Å². The Morgan fingerprint density at radius 2 is 1.48 bits per heavy atom. The first kappa shape index (κ1) is 36.2. The number of carbonyl (C=O) groups is 1. The summed E-state index contributed by atoms with van der Waals surface area (Å²) in [6.07, 6.45) is 19.5. The maximum absolute atomic E-state index is 12.7. The Hall–Kier alpha value is -0.690. The Balaban J connectivity index is 1.17. The quantitative estimate of drug-likeness (QED) is 0.123. The average Bonchev–Trinajstić information content (AvgIpc) is 3.38. The largest absolute Gasteiger partial charge is 0.343 e. The number of amides is 1. The molecule has 0 aliphatic heterocycles. The van der Waals surface area contributed by atoms with Crippen LogP contribution in [0.3, 0.4) is 0 Å². The third kappa shape index (κ3) is 8.61. The van der Waals surface area contributed by atoms with Gasteiger partial charge in [0.25, 0.3) is 0 Å². The molecule has 1 amide bonds. The predicted octanol–water partition coefficient (Wildman–Crippen LogP) is 6.59. The highest BCUT2D eigenvalue weighted by Gasteiger charge is 2.60. The van der Waals surface area contributed by atoms with Crippen molar-refractivity contribution in [3.8, 4) is 0 Å². The Morgan fingerprint density at radius 1 is 0.818 bits per heavy atom. The molecule has 0 aromatic heterocycles. The number of carbonyl (C=O) groups excluding carboxylic acids is 1. The summed E-state index contributed by atoms with van der Waals surface area (Å²) in [5, 5.41) is 11.1. The number of nitrogens with one attached hydrogen (secondary N) is 3. The molecule has 0 aromatic rings. The summed E-state index contributed by atoms with van der Waals surface area (Å²) in [4.78, 5) is 14.8. The van der Waals surface area contributed by atoms with Crippen molar-refractivity contribution >= 4 is 5.91 Å². The van der Waals surface area contributed by atoms with Crippen LogP contribution in [0, 0.1) is 46.3 Å². The van der Waals surface area contributed by atoms with Crippen LogP contribution < -0.4 is 21.7 Å². The van der Waals surface area contributed by atoms with Crippen LogP contribution in [0.25, 0.3) is 0 Å². The van der Waals surface area contributed by atoms with Crippen molar-refractivity contribution in [1.29, 1.82) is 0 Å². The number of hydrogen-bond donors (Lipinski definition) is 4. The van der Waals surface area contributed by atoms with E-state index >= 15 is 0 Å². The van der Waals surface area contributed by atoms with Gasteiger partial charge >= 0.3 is 0 Å². The first-order valence-corrected chi connectivity index (χ1v) is 19.4. The van der Waals surface area contributed by atoms with Crippen LogP contribution in [0.2, 0.25) is 0 Å². The standard InChI is InChI=1S/C38H73N5O/c1-6-43(7-2)36(44)17-12-29(3)33-15-16-34-32-14-13-30-28-31(18-20-37(30,4)35(32)19-21-38(33,34)5)42-27-11-26-41-24-9-8-23-40-25-10-22-39/h29-35,40-42H,6-28,39H2,1-5H3/t29-,30?,31+,32?,33-,34?,35?,37+,38-/m1/s1. The minimum absolute atomic E-state index is 0.368. The molecule has 6 heteroatoms. The fourth-order valence-electron chi connectivity index (χ4n) is 11.2. The molecule has 4 unspecified atom stereocenters. The summed E-state index contributed by atoms with van der Waals surface area (Å²) in [5.74, 6) is 5.56. The first-order chi connectivity index (χ1) is 21.3. The van der Waals surface area contributed by atoms with Gasteiger partial charge in [0.15, 0.2) is 0 Å². The molecule has 256 valence electrons. The molecule has 0 aromatic carbocycles. The molecule has 0 spiro atoms. The van der Waals surface area contributed by atoms with E-state index in [4.69, 9.17) is 5.73 Å².